The van der Waals surface area contributed by atoms with Crippen LogP contribution >= 0.6 is 15.9 Å². The summed E-state index contributed by atoms with van der Waals surface area (Å²) < 4.78 is 26.6. The van der Waals surface area contributed by atoms with Gasteiger partial charge in [-0.3, -0.25) is 14.6 Å². The Bertz CT molecular complexity index is 902. The van der Waals surface area contributed by atoms with Gasteiger partial charge in [0.15, 0.2) is 0 Å². The molecule has 1 aliphatic rings. The van der Waals surface area contributed by atoms with Crippen molar-refractivity contribution < 1.29 is 18.4 Å². The SMILES string of the molecule is NC(=O)C1CC(C(=O)Nc2ccc(F)cc2Br)=NN1c1ccc(F)cc1. The highest BCUT2D eigenvalue weighted by Gasteiger charge is 2.35. The van der Waals surface area contributed by atoms with Crippen LogP contribution in [-0.2, 0) is 9.59 Å². The Balaban J connectivity index is 1.84. The molecule has 2 aromatic carbocycles. The van der Waals surface area contributed by atoms with Gasteiger partial charge < -0.3 is 11.1 Å². The number of amides is 2. The molecule has 0 spiro atoms. The van der Waals surface area contributed by atoms with E-state index in [1.165, 1.54) is 47.5 Å². The molecule has 2 amide bonds. The van der Waals surface area contributed by atoms with Crippen molar-refractivity contribution in [3.8, 4) is 0 Å². The first kappa shape index (κ1) is 18.0. The summed E-state index contributed by atoms with van der Waals surface area (Å²) in [4.78, 5) is 24.2. The third-order valence-corrected chi connectivity index (χ3v) is 4.43. The van der Waals surface area contributed by atoms with Crippen molar-refractivity contribution in [2.45, 2.75) is 12.5 Å². The molecule has 1 atom stereocenters. The highest BCUT2D eigenvalue weighted by atomic mass is 79.9. The number of hydrogen-bond acceptors (Lipinski definition) is 4. The van der Waals surface area contributed by atoms with Gasteiger partial charge >= 0.3 is 0 Å². The fourth-order valence-corrected chi connectivity index (χ4v) is 2.94. The third kappa shape index (κ3) is 3.72. The van der Waals surface area contributed by atoms with Gasteiger partial charge in [-0.2, -0.15) is 5.10 Å². The number of anilines is 2. The van der Waals surface area contributed by atoms with E-state index in [1.807, 2.05) is 0 Å². The molecule has 3 rings (SSSR count). The van der Waals surface area contributed by atoms with Crippen LogP contribution in [0.2, 0.25) is 0 Å². The molecule has 3 N–H and O–H groups in total. The Morgan fingerprint density at radius 1 is 1.15 bits per heavy atom. The van der Waals surface area contributed by atoms with Gasteiger partial charge in [-0.05, 0) is 58.4 Å². The third-order valence-electron chi connectivity index (χ3n) is 3.77. The molecule has 6 nitrogen and oxygen atoms in total. The van der Waals surface area contributed by atoms with E-state index < -0.39 is 29.5 Å². The molecule has 0 saturated heterocycles. The van der Waals surface area contributed by atoms with Crippen molar-refractivity contribution in [3.05, 3.63) is 58.6 Å². The minimum absolute atomic E-state index is 0.00262. The average Bonchev–Trinajstić information content (AvgIpc) is 3.04. The minimum atomic E-state index is -0.863. The molecule has 0 saturated carbocycles. The average molecular weight is 423 g/mol. The highest BCUT2D eigenvalue weighted by Crippen LogP contribution is 2.27. The molecule has 134 valence electrons. The number of nitrogens with one attached hydrogen (secondary N) is 1. The lowest BCUT2D eigenvalue weighted by Crippen LogP contribution is -2.39. The second-order valence-electron chi connectivity index (χ2n) is 5.57. The normalized spacial score (nSPS) is 16.3. The largest absolute Gasteiger partial charge is 0.368 e. The zero-order valence-corrected chi connectivity index (χ0v) is 14.8. The summed E-state index contributed by atoms with van der Waals surface area (Å²) in [5, 5.41) is 8.05. The first-order chi connectivity index (χ1) is 12.3. The standard InChI is InChI=1S/C17H13BrF2N4O2/c18-12-7-10(20)3-6-13(12)22-17(26)14-8-15(16(21)25)24(23-14)11-4-1-9(19)2-5-11/h1-7,15H,8H2,(H2,21,25)(H,22,26). The van der Waals surface area contributed by atoms with Crippen LogP contribution in [0.3, 0.4) is 0 Å². The monoisotopic (exact) mass is 422 g/mol. The predicted octanol–water partition coefficient (Wildman–Crippen LogP) is 2.79. The molecule has 9 heteroatoms. The number of hydrogen-bond donors (Lipinski definition) is 2. The summed E-state index contributed by atoms with van der Waals surface area (Å²) in [5.41, 5.74) is 6.27. The number of benzene rings is 2. The quantitative estimate of drug-likeness (QED) is 0.793. The van der Waals surface area contributed by atoms with E-state index in [9.17, 15) is 18.4 Å². The Morgan fingerprint density at radius 3 is 2.42 bits per heavy atom. The van der Waals surface area contributed by atoms with Crippen molar-refractivity contribution >= 4 is 44.8 Å². The minimum Gasteiger partial charge on any atom is -0.368 e. The Hall–Kier alpha value is -2.81. The Labute approximate surface area is 155 Å². The van der Waals surface area contributed by atoms with Crippen LogP contribution < -0.4 is 16.1 Å². The maximum absolute atomic E-state index is 13.1. The van der Waals surface area contributed by atoms with Crippen LogP contribution in [-0.4, -0.2) is 23.6 Å². The molecule has 0 bridgehead atoms. The number of nitrogens with zero attached hydrogens (tertiary/aromatic N) is 2. The van der Waals surface area contributed by atoms with E-state index in [0.29, 0.717) is 15.8 Å². The number of halogens is 3. The number of primary amides is 1. The predicted molar refractivity (Wildman–Crippen MR) is 96.6 cm³/mol. The maximum atomic E-state index is 13.1. The fraction of sp³-hybridized carbons (Fsp3) is 0.118. The van der Waals surface area contributed by atoms with Gasteiger partial charge in [0, 0.05) is 10.9 Å². The van der Waals surface area contributed by atoms with Gasteiger partial charge in [0.1, 0.15) is 23.4 Å². The molecule has 1 aliphatic heterocycles. The zero-order chi connectivity index (χ0) is 18.8. The lowest BCUT2D eigenvalue weighted by Gasteiger charge is -2.20. The van der Waals surface area contributed by atoms with E-state index >= 15 is 0 Å². The second kappa shape index (κ2) is 7.20. The molecule has 0 aliphatic carbocycles. The van der Waals surface area contributed by atoms with E-state index in [2.05, 4.69) is 26.3 Å². The summed E-state index contributed by atoms with van der Waals surface area (Å²) in [7, 11) is 0. The number of nitrogens with two attached hydrogens (primary N) is 1. The van der Waals surface area contributed by atoms with Crippen molar-refractivity contribution in [1.29, 1.82) is 0 Å². The molecular formula is C17H13BrF2N4O2. The lowest BCUT2D eigenvalue weighted by atomic mass is 10.1. The van der Waals surface area contributed by atoms with E-state index in [-0.39, 0.29) is 12.1 Å². The smallest absolute Gasteiger partial charge is 0.271 e. The Morgan fingerprint density at radius 2 is 1.81 bits per heavy atom. The van der Waals surface area contributed by atoms with Crippen LogP contribution in [0.4, 0.5) is 20.2 Å². The van der Waals surface area contributed by atoms with Crippen LogP contribution in [0.15, 0.2) is 52.0 Å². The van der Waals surface area contributed by atoms with Gasteiger partial charge in [0.05, 0.1) is 11.4 Å². The van der Waals surface area contributed by atoms with Crippen LogP contribution in [0, 0.1) is 11.6 Å². The first-order valence-electron chi connectivity index (χ1n) is 7.53. The summed E-state index contributed by atoms with van der Waals surface area (Å²) in [6.45, 7) is 0. The number of carbonyl (C=O) groups excluding carboxylic acids is 2. The lowest BCUT2D eigenvalue weighted by molar-refractivity contribution is -0.119. The molecular weight excluding hydrogens is 410 g/mol. The van der Waals surface area contributed by atoms with E-state index in [1.54, 1.807) is 0 Å². The summed E-state index contributed by atoms with van der Waals surface area (Å²) in [6.07, 6.45) is -0.00262. The summed E-state index contributed by atoms with van der Waals surface area (Å²) in [6, 6.07) is 8.26. The molecule has 0 aromatic heterocycles. The summed E-state index contributed by atoms with van der Waals surface area (Å²) >= 11 is 3.16. The van der Waals surface area contributed by atoms with Gasteiger partial charge in [0.2, 0.25) is 5.91 Å². The fourth-order valence-electron chi connectivity index (χ4n) is 2.49. The van der Waals surface area contributed by atoms with E-state index in [4.69, 9.17) is 5.73 Å². The number of hydrazone groups is 1. The van der Waals surface area contributed by atoms with Crippen molar-refractivity contribution in [1.82, 2.24) is 0 Å². The van der Waals surface area contributed by atoms with Crippen LogP contribution in [0.5, 0.6) is 0 Å². The second-order valence-corrected chi connectivity index (χ2v) is 6.42. The maximum Gasteiger partial charge on any atom is 0.271 e. The highest BCUT2D eigenvalue weighted by molar-refractivity contribution is 9.10. The molecule has 1 heterocycles. The van der Waals surface area contributed by atoms with Gasteiger partial charge in [0.25, 0.3) is 5.91 Å². The van der Waals surface area contributed by atoms with Crippen molar-refractivity contribution in [2.24, 2.45) is 10.8 Å². The topological polar surface area (TPSA) is 87.8 Å². The number of rotatable bonds is 4. The van der Waals surface area contributed by atoms with Crippen molar-refractivity contribution in [2.75, 3.05) is 10.3 Å². The van der Waals surface area contributed by atoms with Crippen LogP contribution in [0.1, 0.15) is 6.42 Å². The molecule has 0 radical (unpaired) electrons. The molecule has 26 heavy (non-hydrogen) atoms. The van der Waals surface area contributed by atoms with Gasteiger partial charge in [-0.1, -0.05) is 0 Å². The molecule has 0 fully saturated rings. The Kier molecular flexibility index (Phi) is 4.99. The summed E-state index contributed by atoms with van der Waals surface area (Å²) in [5.74, 6) is -2.10. The zero-order valence-electron chi connectivity index (χ0n) is 13.2. The first-order valence-corrected chi connectivity index (χ1v) is 8.32. The van der Waals surface area contributed by atoms with Gasteiger partial charge in [-0.25, -0.2) is 8.78 Å². The molecule has 2 aromatic rings. The number of carbonyl (C=O) groups is 2. The van der Waals surface area contributed by atoms with Gasteiger partial charge in [-0.15, -0.1) is 0 Å². The van der Waals surface area contributed by atoms with Crippen molar-refractivity contribution in [3.63, 3.8) is 0 Å². The molecule has 1 unspecified atom stereocenters. The van der Waals surface area contributed by atoms with Crippen LogP contribution in [0.25, 0.3) is 0 Å². The van der Waals surface area contributed by atoms with E-state index in [0.717, 1.165) is 0 Å².